The molecule has 0 radical (unpaired) electrons. The highest BCUT2D eigenvalue weighted by Gasteiger charge is 2.48. The molecule has 23 heavy (non-hydrogen) atoms. The Kier molecular flexibility index (Phi) is 10.6. The first-order chi connectivity index (χ1) is 10.8. The Morgan fingerprint density at radius 2 is 1.57 bits per heavy atom. The van der Waals surface area contributed by atoms with E-state index in [1.54, 1.807) is 0 Å². The summed E-state index contributed by atoms with van der Waals surface area (Å²) in [5.74, 6) is 0.629. The van der Waals surface area contributed by atoms with Gasteiger partial charge in [0, 0.05) is 33.2 Å². The Labute approximate surface area is 175 Å². The zero-order chi connectivity index (χ0) is 17.5. The molecule has 1 fully saturated rings. The molecule has 136 valence electrons. The quantitative estimate of drug-likeness (QED) is 0.145. The predicted molar refractivity (Wildman–Crippen MR) is 120 cm³/mol. The first-order valence-electron chi connectivity index (χ1n) is 8.57. The van der Waals surface area contributed by atoms with Gasteiger partial charge in [-0.25, -0.2) is 0 Å². The third kappa shape index (κ3) is 6.71. The molecule has 1 saturated carbocycles. The van der Waals surface area contributed by atoms with Crippen molar-refractivity contribution in [2.75, 3.05) is 19.8 Å². The molecule has 7 heteroatoms. The van der Waals surface area contributed by atoms with E-state index in [-0.39, 0.29) is 0 Å². The fourth-order valence-corrected chi connectivity index (χ4v) is 9.67. The SMILES string of the molecule is CCO[Si](CC(I)C1(I)CCC(C(C)=S)CC1)(OCC)OCC. The zero-order valence-electron chi connectivity index (χ0n) is 14.7. The molecule has 0 aromatic rings. The summed E-state index contributed by atoms with van der Waals surface area (Å²) >= 11 is 10.7. The lowest BCUT2D eigenvalue weighted by Gasteiger charge is -2.41. The van der Waals surface area contributed by atoms with E-state index in [0.29, 0.717) is 33.1 Å². The Hall–Kier alpha value is 1.65. The topological polar surface area (TPSA) is 27.7 Å². The van der Waals surface area contributed by atoms with Gasteiger partial charge in [-0.05, 0) is 64.2 Å². The minimum atomic E-state index is -2.57. The summed E-state index contributed by atoms with van der Waals surface area (Å²) in [5.41, 5.74) is 0. The van der Waals surface area contributed by atoms with Gasteiger partial charge >= 0.3 is 8.80 Å². The molecule has 0 N–H and O–H groups in total. The molecule has 0 aromatic heterocycles. The lowest BCUT2D eigenvalue weighted by atomic mass is 9.79. The van der Waals surface area contributed by atoms with E-state index in [1.807, 2.05) is 20.8 Å². The average molecular weight is 584 g/mol. The minimum Gasteiger partial charge on any atom is -0.374 e. The maximum Gasteiger partial charge on any atom is 0.502 e. The number of alkyl halides is 2. The zero-order valence-corrected chi connectivity index (χ0v) is 20.8. The van der Waals surface area contributed by atoms with Crippen LogP contribution < -0.4 is 0 Å². The molecule has 0 aliphatic heterocycles. The molecule has 1 rings (SSSR count). The van der Waals surface area contributed by atoms with Crippen LogP contribution in [0.2, 0.25) is 6.04 Å². The van der Waals surface area contributed by atoms with Gasteiger partial charge in [0.1, 0.15) is 0 Å². The summed E-state index contributed by atoms with van der Waals surface area (Å²) in [6.07, 6.45) is 4.86. The number of rotatable bonds is 10. The van der Waals surface area contributed by atoms with Crippen LogP contribution in [-0.4, -0.2) is 40.8 Å². The van der Waals surface area contributed by atoms with Gasteiger partial charge in [-0.1, -0.05) is 57.4 Å². The molecular formula is C16H30I2O3SSi. The normalized spacial score (nSPS) is 27.0. The van der Waals surface area contributed by atoms with Crippen molar-refractivity contribution in [3.63, 3.8) is 0 Å². The Balaban J connectivity index is 2.77. The standard InChI is InChI=1S/C16H30I2O3SSi/c1-5-19-23(20-6-2,21-7-3)12-15(17)16(18)10-8-14(9-11-16)13(4)22/h14-15H,5-12H2,1-4H3. The van der Waals surface area contributed by atoms with E-state index in [1.165, 1.54) is 30.5 Å². The molecule has 3 nitrogen and oxygen atoms in total. The molecule has 0 bridgehead atoms. The van der Waals surface area contributed by atoms with E-state index in [0.717, 1.165) is 6.04 Å². The number of halogens is 2. The van der Waals surface area contributed by atoms with Gasteiger partial charge in [0.05, 0.1) is 0 Å². The summed E-state index contributed by atoms with van der Waals surface area (Å²) in [5, 5.41) is 0. The van der Waals surface area contributed by atoms with Crippen molar-refractivity contribution in [2.45, 2.75) is 66.8 Å². The van der Waals surface area contributed by atoms with Crippen LogP contribution in [0, 0.1) is 5.92 Å². The maximum absolute atomic E-state index is 6.04. The second kappa shape index (κ2) is 10.7. The van der Waals surface area contributed by atoms with Crippen LogP contribution in [-0.2, 0) is 13.3 Å². The molecular weight excluding hydrogens is 554 g/mol. The Morgan fingerprint density at radius 1 is 1.13 bits per heavy atom. The Morgan fingerprint density at radius 3 is 1.91 bits per heavy atom. The van der Waals surface area contributed by atoms with Crippen molar-refractivity contribution in [3.05, 3.63) is 0 Å². The fourth-order valence-electron chi connectivity index (χ4n) is 3.18. The van der Waals surface area contributed by atoms with Gasteiger partial charge < -0.3 is 13.3 Å². The third-order valence-corrected chi connectivity index (χ3v) is 13.4. The summed E-state index contributed by atoms with van der Waals surface area (Å²) in [6, 6.07) is 0.896. The number of hydrogen-bond donors (Lipinski definition) is 0. The molecule has 1 unspecified atom stereocenters. The van der Waals surface area contributed by atoms with Crippen LogP contribution in [0.1, 0.15) is 53.4 Å². The predicted octanol–water partition coefficient (Wildman–Crippen LogP) is 5.59. The second-order valence-corrected chi connectivity index (χ2v) is 13.0. The minimum absolute atomic E-state index is 0.295. The number of thiocarbonyl (C=S) groups is 1. The van der Waals surface area contributed by atoms with Crippen molar-refractivity contribution in [3.8, 4) is 0 Å². The highest BCUT2D eigenvalue weighted by Crippen LogP contribution is 2.47. The highest BCUT2D eigenvalue weighted by atomic mass is 127. The highest BCUT2D eigenvalue weighted by molar-refractivity contribution is 14.1. The maximum atomic E-state index is 6.04. The molecule has 0 saturated heterocycles. The van der Waals surface area contributed by atoms with E-state index in [2.05, 4.69) is 52.1 Å². The van der Waals surface area contributed by atoms with Crippen LogP contribution >= 0.6 is 57.4 Å². The van der Waals surface area contributed by atoms with E-state index in [9.17, 15) is 0 Å². The molecule has 1 atom stereocenters. The summed E-state index contributed by atoms with van der Waals surface area (Å²) in [6.45, 7) is 10.1. The van der Waals surface area contributed by atoms with Gasteiger partial charge in [0.25, 0.3) is 0 Å². The first kappa shape index (κ1) is 22.7. The first-order valence-corrected chi connectivity index (χ1v) is 13.2. The number of hydrogen-bond acceptors (Lipinski definition) is 4. The second-order valence-electron chi connectivity index (χ2n) is 6.07. The van der Waals surface area contributed by atoms with Gasteiger partial charge in [0.15, 0.2) is 0 Å². The van der Waals surface area contributed by atoms with Crippen molar-refractivity contribution in [1.82, 2.24) is 0 Å². The molecule has 0 heterocycles. The van der Waals surface area contributed by atoms with Crippen molar-refractivity contribution >= 4 is 71.1 Å². The molecule has 0 spiro atoms. The van der Waals surface area contributed by atoms with Crippen molar-refractivity contribution in [1.29, 1.82) is 0 Å². The van der Waals surface area contributed by atoms with Crippen molar-refractivity contribution in [2.24, 2.45) is 5.92 Å². The van der Waals surface area contributed by atoms with Crippen LogP contribution in [0.15, 0.2) is 0 Å². The fraction of sp³-hybridized carbons (Fsp3) is 0.938. The van der Waals surface area contributed by atoms with Crippen LogP contribution in [0.3, 0.4) is 0 Å². The summed E-state index contributed by atoms with van der Waals surface area (Å²) in [4.78, 5) is 1.18. The molecule has 1 aliphatic rings. The van der Waals surface area contributed by atoms with Crippen LogP contribution in [0.25, 0.3) is 0 Å². The lowest BCUT2D eigenvalue weighted by molar-refractivity contribution is 0.0706. The average Bonchev–Trinajstić information content (AvgIpc) is 2.48. The largest absolute Gasteiger partial charge is 0.502 e. The molecule has 0 aromatic carbocycles. The van der Waals surface area contributed by atoms with Gasteiger partial charge in [-0.3, -0.25) is 0 Å². The monoisotopic (exact) mass is 584 g/mol. The summed E-state index contributed by atoms with van der Waals surface area (Å²) < 4.78 is 18.9. The van der Waals surface area contributed by atoms with Crippen LogP contribution in [0.4, 0.5) is 0 Å². The molecule has 1 aliphatic carbocycles. The van der Waals surface area contributed by atoms with Gasteiger partial charge in [-0.2, -0.15) is 0 Å². The lowest BCUT2D eigenvalue weighted by Crippen LogP contribution is -2.51. The van der Waals surface area contributed by atoms with Gasteiger partial charge in [0.2, 0.25) is 0 Å². The van der Waals surface area contributed by atoms with E-state index >= 15 is 0 Å². The van der Waals surface area contributed by atoms with E-state index < -0.39 is 8.80 Å². The third-order valence-electron chi connectivity index (χ3n) is 4.48. The van der Waals surface area contributed by atoms with Crippen molar-refractivity contribution < 1.29 is 13.3 Å². The Bertz CT molecular complexity index is 359. The van der Waals surface area contributed by atoms with Crippen LogP contribution in [0.5, 0.6) is 0 Å². The molecule has 0 amide bonds. The smallest absolute Gasteiger partial charge is 0.374 e. The van der Waals surface area contributed by atoms with E-state index in [4.69, 9.17) is 25.5 Å². The van der Waals surface area contributed by atoms with Gasteiger partial charge in [-0.15, -0.1) is 0 Å². The summed E-state index contributed by atoms with van der Waals surface area (Å²) in [7, 11) is -2.57.